The van der Waals surface area contributed by atoms with Crippen LogP contribution in [0.25, 0.3) is 0 Å². The molecule has 0 saturated heterocycles. The van der Waals surface area contributed by atoms with Crippen LogP contribution in [-0.4, -0.2) is 21.9 Å². The van der Waals surface area contributed by atoms with Crippen LogP contribution in [0.5, 0.6) is 0 Å². The van der Waals surface area contributed by atoms with Gasteiger partial charge in [0.05, 0.1) is 6.20 Å². The van der Waals surface area contributed by atoms with Gasteiger partial charge in [0.15, 0.2) is 0 Å². The minimum Gasteiger partial charge on any atom is -0.304 e. The second-order valence-electron chi connectivity index (χ2n) is 7.03. The molecule has 2 aromatic rings. The summed E-state index contributed by atoms with van der Waals surface area (Å²) in [5, 5.41) is 0. The first kappa shape index (κ1) is 15.3. The van der Waals surface area contributed by atoms with Crippen LogP contribution in [0.4, 0.5) is 5.69 Å². The molecule has 124 valence electrons. The normalized spacial score (nSPS) is 25.0. The number of rotatable bonds is 4. The minimum atomic E-state index is -0.0195. The van der Waals surface area contributed by atoms with E-state index in [0.29, 0.717) is 17.7 Å². The van der Waals surface area contributed by atoms with Crippen molar-refractivity contribution < 1.29 is 4.79 Å². The van der Waals surface area contributed by atoms with Crippen LogP contribution in [-0.2, 0) is 6.42 Å². The zero-order chi connectivity index (χ0) is 16.5. The average molecular weight is 321 g/mol. The van der Waals surface area contributed by atoms with Crippen LogP contribution in [0, 0.1) is 11.8 Å². The number of nitrogens with zero attached hydrogens (tertiary/aromatic N) is 3. The molecule has 1 heterocycles. The summed E-state index contributed by atoms with van der Waals surface area (Å²) in [5.74, 6) is 1.39. The summed E-state index contributed by atoms with van der Waals surface area (Å²) in [6.45, 7) is 2.14. The number of aromatic nitrogens is 2. The van der Waals surface area contributed by atoms with E-state index in [-0.39, 0.29) is 5.91 Å². The van der Waals surface area contributed by atoms with Gasteiger partial charge in [0.1, 0.15) is 5.69 Å². The van der Waals surface area contributed by atoms with E-state index >= 15 is 0 Å². The lowest BCUT2D eigenvalue weighted by atomic mass is 9.93. The smallest absolute Gasteiger partial charge is 0.278 e. The van der Waals surface area contributed by atoms with Gasteiger partial charge in [-0.2, -0.15) is 0 Å². The van der Waals surface area contributed by atoms with E-state index in [9.17, 15) is 4.79 Å². The molecule has 3 unspecified atom stereocenters. The number of carbonyl (C=O) groups excluding carboxylic acids is 1. The van der Waals surface area contributed by atoms with Crippen molar-refractivity contribution in [1.82, 2.24) is 9.97 Å². The molecular formula is C20H23N3O. The molecule has 1 amide bonds. The summed E-state index contributed by atoms with van der Waals surface area (Å²) in [4.78, 5) is 23.6. The topological polar surface area (TPSA) is 46.1 Å². The van der Waals surface area contributed by atoms with Crippen molar-refractivity contribution in [3.05, 3.63) is 54.1 Å². The van der Waals surface area contributed by atoms with E-state index < -0.39 is 0 Å². The van der Waals surface area contributed by atoms with Crippen LogP contribution >= 0.6 is 0 Å². The number of amides is 1. The van der Waals surface area contributed by atoms with Gasteiger partial charge in [0.25, 0.3) is 5.91 Å². The number of fused-ring (bicyclic) bond motifs is 2. The third-order valence-corrected chi connectivity index (χ3v) is 5.63. The SMILES string of the molecule is CCc1cccc(N(C(=O)c2cnccn2)C2CC3CCC2C3)c1. The third kappa shape index (κ3) is 2.70. The summed E-state index contributed by atoms with van der Waals surface area (Å²) in [6.07, 6.45) is 10.7. The van der Waals surface area contributed by atoms with Crippen LogP contribution < -0.4 is 4.90 Å². The van der Waals surface area contributed by atoms with Gasteiger partial charge in [0, 0.05) is 24.1 Å². The largest absolute Gasteiger partial charge is 0.304 e. The molecule has 2 aliphatic carbocycles. The molecule has 1 aromatic carbocycles. The first-order valence-electron chi connectivity index (χ1n) is 8.94. The van der Waals surface area contributed by atoms with Crippen LogP contribution in [0.2, 0.25) is 0 Å². The minimum absolute atomic E-state index is 0.0195. The predicted octanol–water partition coefficient (Wildman–Crippen LogP) is 3.87. The molecule has 2 saturated carbocycles. The summed E-state index contributed by atoms with van der Waals surface area (Å²) in [5.41, 5.74) is 2.69. The Morgan fingerprint density at radius 3 is 2.83 bits per heavy atom. The zero-order valence-corrected chi connectivity index (χ0v) is 14.1. The van der Waals surface area contributed by atoms with Gasteiger partial charge in [-0.25, -0.2) is 4.98 Å². The summed E-state index contributed by atoms with van der Waals surface area (Å²) in [6, 6.07) is 8.68. The van der Waals surface area contributed by atoms with E-state index in [2.05, 4.69) is 41.2 Å². The molecule has 4 heteroatoms. The number of hydrogen-bond acceptors (Lipinski definition) is 3. The molecule has 0 radical (unpaired) electrons. The lowest BCUT2D eigenvalue weighted by Gasteiger charge is -2.34. The molecule has 2 bridgehead atoms. The van der Waals surface area contributed by atoms with E-state index in [1.807, 2.05) is 4.90 Å². The Hall–Kier alpha value is -2.23. The van der Waals surface area contributed by atoms with Crippen molar-refractivity contribution in [2.75, 3.05) is 4.90 Å². The van der Waals surface area contributed by atoms with Crippen molar-refractivity contribution in [3.8, 4) is 0 Å². The fourth-order valence-corrected chi connectivity index (χ4v) is 4.45. The van der Waals surface area contributed by atoms with Crippen molar-refractivity contribution in [3.63, 3.8) is 0 Å². The molecule has 0 spiro atoms. The predicted molar refractivity (Wildman–Crippen MR) is 93.9 cm³/mol. The lowest BCUT2D eigenvalue weighted by Crippen LogP contribution is -2.44. The van der Waals surface area contributed by atoms with Crippen molar-refractivity contribution in [2.24, 2.45) is 11.8 Å². The average Bonchev–Trinajstić information content (AvgIpc) is 3.26. The van der Waals surface area contributed by atoms with Crippen molar-refractivity contribution in [2.45, 2.75) is 45.1 Å². The molecule has 4 rings (SSSR count). The van der Waals surface area contributed by atoms with Crippen molar-refractivity contribution >= 4 is 11.6 Å². The maximum Gasteiger partial charge on any atom is 0.278 e. The van der Waals surface area contributed by atoms with Gasteiger partial charge >= 0.3 is 0 Å². The molecule has 2 fully saturated rings. The quantitative estimate of drug-likeness (QED) is 0.858. The van der Waals surface area contributed by atoms with Gasteiger partial charge in [-0.05, 0) is 55.2 Å². The maximum absolute atomic E-state index is 13.2. The van der Waals surface area contributed by atoms with Gasteiger partial charge in [-0.1, -0.05) is 25.5 Å². The second-order valence-corrected chi connectivity index (χ2v) is 7.03. The number of hydrogen-bond donors (Lipinski definition) is 0. The van der Waals surface area contributed by atoms with Gasteiger partial charge in [-0.3, -0.25) is 9.78 Å². The van der Waals surface area contributed by atoms with E-state index in [1.165, 1.54) is 24.8 Å². The molecule has 0 N–H and O–H groups in total. The highest BCUT2D eigenvalue weighted by Crippen LogP contribution is 2.47. The fourth-order valence-electron chi connectivity index (χ4n) is 4.45. The molecule has 2 aliphatic rings. The van der Waals surface area contributed by atoms with E-state index in [1.54, 1.807) is 18.6 Å². The zero-order valence-electron chi connectivity index (χ0n) is 14.1. The number of benzene rings is 1. The molecule has 1 aromatic heterocycles. The number of aryl methyl sites for hydroxylation is 1. The summed E-state index contributed by atoms with van der Waals surface area (Å²) < 4.78 is 0. The number of anilines is 1. The maximum atomic E-state index is 13.2. The Morgan fingerprint density at radius 1 is 1.25 bits per heavy atom. The van der Waals surface area contributed by atoms with Crippen LogP contribution in [0.3, 0.4) is 0 Å². The van der Waals surface area contributed by atoms with Crippen LogP contribution in [0.15, 0.2) is 42.9 Å². The monoisotopic (exact) mass is 321 g/mol. The standard InChI is InChI=1S/C20H23N3O/c1-2-14-4-3-5-17(11-14)23(19-12-15-6-7-16(19)10-15)20(24)18-13-21-8-9-22-18/h3-5,8-9,11,13,15-16,19H,2,6-7,10,12H2,1H3. The molecule has 3 atom stereocenters. The molecule has 24 heavy (non-hydrogen) atoms. The number of carbonyl (C=O) groups is 1. The van der Waals surface area contributed by atoms with E-state index in [4.69, 9.17) is 0 Å². The first-order valence-corrected chi connectivity index (χ1v) is 8.94. The van der Waals surface area contributed by atoms with E-state index in [0.717, 1.165) is 24.4 Å². The van der Waals surface area contributed by atoms with Crippen molar-refractivity contribution in [1.29, 1.82) is 0 Å². The highest BCUT2D eigenvalue weighted by Gasteiger charge is 2.44. The Balaban J connectivity index is 1.73. The first-order chi connectivity index (χ1) is 11.8. The Bertz CT molecular complexity index is 731. The highest BCUT2D eigenvalue weighted by molar-refractivity contribution is 6.05. The lowest BCUT2D eigenvalue weighted by molar-refractivity contribution is 0.0962. The third-order valence-electron chi connectivity index (χ3n) is 5.63. The Labute approximate surface area is 142 Å². The molecule has 4 nitrogen and oxygen atoms in total. The summed E-state index contributed by atoms with van der Waals surface area (Å²) >= 11 is 0. The fraction of sp³-hybridized carbons (Fsp3) is 0.450. The van der Waals surface area contributed by atoms with Crippen LogP contribution in [0.1, 0.15) is 48.7 Å². The van der Waals surface area contributed by atoms with Gasteiger partial charge < -0.3 is 4.90 Å². The van der Waals surface area contributed by atoms with Gasteiger partial charge in [0.2, 0.25) is 0 Å². The summed E-state index contributed by atoms with van der Waals surface area (Å²) in [7, 11) is 0. The Morgan fingerprint density at radius 2 is 2.17 bits per heavy atom. The highest BCUT2D eigenvalue weighted by atomic mass is 16.2. The molecule has 0 aliphatic heterocycles. The second kappa shape index (κ2) is 6.34. The Kier molecular flexibility index (Phi) is 4.05. The molecular weight excluding hydrogens is 298 g/mol. The van der Waals surface area contributed by atoms with Gasteiger partial charge in [-0.15, -0.1) is 0 Å².